The molecule has 0 aromatic heterocycles. The number of hydrogen-bond acceptors (Lipinski definition) is 3. The van der Waals surface area contributed by atoms with Crippen LogP contribution in [0, 0.1) is 5.92 Å². The smallest absolute Gasteiger partial charge is 0.0848 e. The SMILES string of the molecule is CCOC1(C(CCC2CC2)NN)CCCC1. The molecule has 16 heavy (non-hydrogen) atoms. The predicted octanol–water partition coefficient (Wildman–Crippen LogP) is 2.36. The second kappa shape index (κ2) is 5.48. The summed E-state index contributed by atoms with van der Waals surface area (Å²) >= 11 is 0. The van der Waals surface area contributed by atoms with Gasteiger partial charge < -0.3 is 4.74 Å². The normalized spacial score (nSPS) is 25.9. The van der Waals surface area contributed by atoms with E-state index in [1.54, 1.807) is 0 Å². The van der Waals surface area contributed by atoms with Gasteiger partial charge >= 0.3 is 0 Å². The Kier molecular flexibility index (Phi) is 4.22. The molecule has 3 N–H and O–H groups in total. The topological polar surface area (TPSA) is 47.3 Å². The van der Waals surface area contributed by atoms with E-state index in [1.165, 1.54) is 51.4 Å². The minimum absolute atomic E-state index is 0.0401. The van der Waals surface area contributed by atoms with Crippen molar-refractivity contribution in [3.8, 4) is 0 Å². The number of hydrazine groups is 1. The highest BCUT2D eigenvalue weighted by Gasteiger charge is 2.42. The van der Waals surface area contributed by atoms with Gasteiger partial charge in [0.1, 0.15) is 0 Å². The number of nitrogens with two attached hydrogens (primary N) is 1. The van der Waals surface area contributed by atoms with Gasteiger partial charge in [-0.05, 0) is 38.5 Å². The lowest BCUT2D eigenvalue weighted by atomic mass is 9.88. The molecule has 2 aliphatic rings. The second-order valence-corrected chi connectivity index (χ2v) is 5.44. The summed E-state index contributed by atoms with van der Waals surface area (Å²) in [4.78, 5) is 0. The zero-order chi connectivity index (χ0) is 11.4. The average Bonchev–Trinajstić information content (AvgIpc) is 2.99. The molecule has 0 aromatic carbocycles. The van der Waals surface area contributed by atoms with Crippen molar-refractivity contribution in [1.82, 2.24) is 5.43 Å². The lowest BCUT2D eigenvalue weighted by molar-refractivity contribution is -0.0639. The summed E-state index contributed by atoms with van der Waals surface area (Å²) in [5.74, 6) is 6.73. The van der Waals surface area contributed by atoms with Crippen LogP contribution in [0.5, 0.6) is 0 Å². The van der Waals surface area contributed by atoms with Crippen molar-refractivity contribution >= 4 is 0 Å². The van der Waals surface area contributed by atoms with Crippen LogP contribution in [0.3, 0.4) is 0 Å². The number of ether oxygens (including phenoxy) is 1. The average molecular weight is 226 g/mol. The van der Waals surface area contributed by atoms with Crippen LogP contribution in [0.15, 0.2) is 0 Å². The predicted molar refractivity (Wildman–Crippen MR) is 65.9 cm³/mol. The first-order valence-electron chi connectivity index (χ1n) is 6.91. The summed E-state index contributed by atoms with van der Waals surface area (Å²) in [7, 11) is 0. The molecule has 2 aliphatic carbocycles. The molecule has 0 aliphatic heterocycles. The van der Waals surface area contributed by atoms with Crippen molar-refractivity contribution in [3.63, 3.8) is 0 Å². The summed E-state index contributed by atoms with van der Waals surface area (Å²) < 4.78 is 6.05. The molecule has 0 bridgehead atoms. The van der Waals surface area contributed by atoms with Crippen LogP contribution in [-0.4, -0.2) is 18.2 Å². The van der Waals surface area contributed by atoms with Crippen LogP contribution in [0.4, 0.5) is 0 Å². The lowest BCUT2D eigenvalue weighted by Crippen LogP contribution is -2.53. The fourth-order valence-corrected chi connectivity index (χ4v) is 3.16. The number of hydrogen-bond donors (Lipinski definition) is 2. The van der Waals surface area contributed by atoms with E-state index in [9.17, 15) is 0 Å². The van der Waals surface area contributed by atoms with Gasteiger partial charge in [-0.25, -0.2) is 0 Å². The Morgan fingerprint density at radius 3 is 2.56 bits per heavy atom. The van der Waals surface area contributed by atoms with Crippen molar-refractivity contribution in [2.45, 2.75) is 69.9 Å². The van der Waals surface area contributed by atoms with Crippen molar-refractivity contribution < 1.29 is 4.74 Å². The maximum Gasteiger partial charge on any atom is 0.0848 e. The molecule has 3 heteroatoms. The highest BCUT2D eigenvalue weighted by Crippen LogP contribution is 2.40. The molecule has 1 unspecified atom stereocenters. The van der Waals surface area contributed by atoms with Crippen LogP contribution < -0.4 is 11.3 Å². The van der Waals surface area contributed by atoms with Crippen LogP contribution in [-0.2, 0) is 4.74 Å². The molecule has 2 fully saturated rings. The van der Waals surface area contributed by atoms with E-state index >= 15 is 0 Å². The van der Waals surface area contributed by atoms with E-state index in [0.717, 1.165) is 12.5 Å². The molecule has 0 amide bonds. The zero-order valence-corrected chi connectivity index (χ0v) is 10.5. The Morgan fingerprint density at radius 2 is 2.06 bits per heavy atom. The van der Waals surface area contributed by atoms with Gasteiger partial charge in [0.2, 0.25) is 0 Å². The number of rotatable bonds is 7. The largest absolute Gasteiger partial charge is 0.374 e. The standard InChI is InChI=1S/C13H26N2O/c1-2-16-13(9-3-4-10-13)12(15-14)8-7-11-5-6-11/h11-12,15H,2-10,14H2,1H3. The monoisotopic (exact) mass is 226 g/mol. The van der Waals surface area contributed by atoms with E-state index in [2.05, 4.69) is 12.3 Å². The third kappa shape index (κ3) is 2.76. The summed E-state index contributed by atoms with van der Waals surface area (Å²) in [5.41, 5.74) is 3.07. The van der Waals surface area contributed by atoms with Gasteiger partial charge in [0, 0.05) is 6.61 Å². The second-order valence-electron chi connectivity index (χ2n) is 5.44. The van der Waals surface area contributed by atoms with Gasteiger partial charge in [-0.1, -0.05) is 25.7 Å². The van der Waals surface area contributed by atoms with Gasteiger partial charge in [-0.15, -0.1) is 0 Å². The van der Waals surface area contributed by atoms with E-state index in [4.69, 9.17) is 10.6 Å². The molecule has 0 radical (unpaired) electrons. The Morgan fingerprint density at radius 1 is 1.38 bits per heavy atom. The quantitative estimate of drug-likeness (QED) is 0.517. The fourth-order valence-electron chi connectivity index (χ4n) is 3.16. The van der Waals surface area contributed by atoms with E-state index < -0.39 is 0 Å². The van der Waals surface area contributed by atoms with Gasteiger partial charge in [0.05, 0.1) is 11.6 Å². The first-order chi connectivity index (χ1) is 7.80. The summed E-state index contributed by atoms with van der Waals surface area (Å²) in [6.45, 7) is 2.90. The third-order valence-corrected chi connectivity index (χ3v) is 4.28. The first-order valence-corrected chi connectivity index (χ1v) is 6.91. The molecule has 3 nitrogen and oxygen atoms in total. The molecule has 2 rings (SSSR count). The molecule has 2 saturated carbocycles. The highest BCUT2D eigenvalue weighted by molar-refractivity contribution is 4.96. The van der Waals surface area contributed by atoms with Crippen molar-refractivity contribution in [2.75, 3.05) is 6.61 Å². The first kappa shape index (κ1) is 12.3. The molecule has 0 saturated heterocycles. The van der Waals surface area contributed by atoms with E-state index in [-0.39, 0.29) is 5.60 Å². The highest BCUT2D eigenvalue weighted by atomic mass is 16.5. The minimum Gasteiger partial charge on any atom is -0.374 e. The zero-order valence-electron chi connectivity index (χ0n) is 10.5. The Hall–Kier alpha value is -0.120. The van der Waals surface area contributed by atoms with Crippen LogP contribution >= 0.6 is 0 Å². The fraction of sp³-hybridized carbons (Fsp3) is 1.00. The van der Waals surface area contributed by atoms with E-state index in [0.29, 0.717) is 6.04 Å². The Labute approximate surface area is 99.1 Å². The molecule has 0 spiro atoms. The minimum atomic E-state index is 0.0401. The van der Waals surface area contributed by atoms with Crippen molar-refractivity contribution in [2.24, 2.45) is 11.8 Å². The molecule has 1 atom stereocenters. The Balaban J connectivity index is 1.91. The van der Waals surface area contributed by atoms with Gasteiger partial charge in [-0.3, -0.25) is 11.3 Å². The number of nitrogens with one attached hydrogen (secondary N) is 1. The van der Waals surface area contributed by atoms with Crippen molar-refractivity contribution in [3.05, 3.63) is 0 Å². The van der Waals surface area contributed by atoms with Gasteiger partial charge in [0.25, 0.3) is 0 Å². The summed E-state index contributed by atoms with van der Waals surface area (Å²) in [6.07, 6.45) is 10.3. The third-order valence-electron chi connectivity index (χ3n) is 4.28. The van der Waals surface area contributed by atoms with Crippen LogP contribution in [0.1, 0.15) is 58.3 Å². The molecular weight excluding hydrogens is 200 g/mol. The van der Waals surface area contributed by atoms with Crippen LogP contribution in [0.25, 0.3) is 0 Å². The lowest BCUT2D eigenvalue weighted by Gasteiger charge is -2.37. The maximum absolute atomic E-state index is 6.05. The molecular formula is C13H26N2O. The molecule has 0 aromatic rings. The van der Waals surface area contributed by atoms with Crippen LogP contribution in [0.2, 0.25) is 0 Å². The summed E-state index contributed by atoms with van der Waals surface area (Å²) in [5, 5.41) is 0. The van der Waals surface area contributed by atoms with Crippen molar-refractivity contribution in [1.29, 1.82) is 0 Å². The van der Waals surface area contributed by atoms with Gasteiger partial charge in [0.15, 0.2) is 0 Å². The van der Waals surface area contributed by atoms with E-state index in [1.807, 2.05) is 0 Å². The van der Waals surface area contributed by atoms with Gasteiger partial charge in [-0.2, -0.15) is 0 Å². The molecule has 0 heterocycles. The molecule has 94 valence electrons. The Bertz CT molecular complexity index is 210. The summed E-state index contributed by atoms with van der Waals surface area (Å²) in [6, 6.07) is 0.357. The maximum atomic E-state index is 6.05.